The third-order valence-corrected chi connectivity index (χ3v) is 8.68. The van der Waals surface area contributed by atoms with E-state index in [1.54, 1.807) is 54.3 Å². The summed E-state index contributed by atoms with van der Waals surface area (Å²) in [5.41, 5.74) is 8.64. The van der Waals surface area contributed by atoms with E-state index in [0.29, 0.717) is 34.6 Å². The first kappa shape index (κ1) is 29.9. The van der Waals surface area contributed by atoms with Crippen molar-refractivity contribution in [3.8, 4) is 0 Å². The Labute approximate surface area is 243 Å². The third kappa shape index (κ3) is 6.14. The van der Waals surface area contributed by atoms with Crippen LogP contribution in [0.4, 0.5) is 0 Å². The van der Waals surface area contributed by atoms with E-state index in [9.17, 15) is 18.0 Å². The lowest BCUT2D eigenvalue weighted by Gasteiger charge is -2.49. The number of hydrogen-bond acceptors (Lipinski definition) is 7. The van der Waals surface area contributed by atoms with Crippen LogP contribution in [-0.2, 0) is 14.8 Å². The molecule has 2 aromatic carbocycles. The normalized spacial score (nSPS) is 24.2. The molecule has 2 amide bonds. The van der Waals surface area contributed by atoms with E-state index >= 15 is 0 Å². The Balaban J connectivity index is 1.93. The molecule has 214 valence electrons. The van der Waals surface area contributed by atoms with Gasteiger partial charge in [-0.25, -0.2) is 18.7 Å². The highest BCUT2D eigenvalue weighted by atomic mass is 35.5. The summed E-state index contributed by atoms with van der Waals surface area (Å²) in [6.07, 6.45) is 3.70. The number of amides is 2. The highest BCUT2D eigenvalue weighted by molar-refractivity contribution is 7.88. The van der Waals surface area contributed by atoms with Gasteiger partial charge in [-0.1, -0.05) is 60.3 Å². The minimum atomic E-state index is -3.59. The summed E-state index contributed by atoms with van der Waals surface area (Å²) in [6, 6.07) is 8.87. The number of carbonyl (C=O) groups is 2. The van der Waals surface area contributed by atoms with Crippen molar-refractivity contribution in [1.82, 2.24) is 14.9 Å². The molecule has 5 atom stereocenters. The van der Waals surface area contributed by atoms with Gasteiger partial charge in [0.05, 0.1) is 24.3 Å². The molecule has 1 heterocycles. The first-order valence-electron chi connectivity index (χ1n) is 12.8. The number of nitrogens with two attached hydrogens (primary N) is 1. The van der Waals surface area contributed by atoms with E-state index in [-0.39, 0.29) is 16.8 Å². The molecular formula is C26H31Cl2N7O4S. The molecule has 0 saturated heterocycles. The molecule has 0 radical (unpaired) electrons. The number of sulfonamides is 1. The second-order valence-electron chi connectivity index (χ2n) is 10.1. The minimum Gasteiger partial charge on any atom is -0.346 e. The van der Waals surface area contributed by atoms with Crippen molar-refractivity contribution in [3.63, 3.8) is 0 Å². The van der Waals surface area contributed by atoms with Crippen LogP contribution in [0.3, 0.4) is 0 Å². The number of rotatable bonds is 7. The number of fused-ring (bicyclic) bond motifs is 1. The monoisotopic (exact) mass is 607 g/mol. The number of benzene rings is 2. The number of nitrogens with zero attached hydrogens (tertiary/aromatic N) is 3. The first-order valence-corrected chi connectivity index (χ1v) is 15.4. The largest absolute Gasteiger partial charge is 0.346 e. The van der Waals surface area contributed by atoms with E-state index < -0.39 is 46.0 Å². The fourth-order valence-corrected chi connectivity index (χ4v) is 7.08. The summed E-state index contributed by atoms with van der Waals surface area (Å²) < 4.78 is 27.3. The van der Waals surface area contributed by atoms with Crippen molar-refractivity contribution >= 4 is 50.9 Å². The summed E-state index contributed by atoms with van der Waals surface area (Å²) >= 11 is 12.9. The topological polar surface area (TPSA) is 170 Å². The molecule has 5 N–H and O–H groups in total. The lowest BCUT2D eigenvalue weighted by molar-refractivity contribution is -0.124. The fourth-order valence-electron chi connectivity index (χ4n) is 5.73. The molecule has 2 unspecified atom stereocenters. The molecule has 4 rings (SSSR count). The molecule has 0 spiro atoms. The van der Waals surface area contributed by atoms with Gasteiger partial charge in [0.25, 0.3) is 5.91 Å². The van der Waals surface area contributed by atoms with Crippen molar-refractivity contribution in [3.05, 3.63) is 69.2 Å². The molecule has 2 aliphatic rings. The number of hydrazone groups is 1. The van der Waals surface area contributed by atoms with E-state index in [4.69, 9.17) is 34.6 Å². The van der Waals surface area contributed by atoms with Crippen molar-refractivity contribution < 1.29 is 18.0 Å². The Bertz CT molecular complexity index is 1450. The van der Waals surface area contributed by atoms with Gasteiger partial charge in [-0.3, -0.25) is 9.59 Å². The first-order chi connectivity index (χ1) is 19.0. The molecule has 1 aliphatic heterocycles. The van der Waals surface area contributed by atoms with Gasteiger partial charge in [0.15, 0.2) is 5.84 Å². The fraction of sp³-hybridized carbons (Fsp3) is 0.423. The van der Waals surface area contributed by atoms with Gasteiger partial charge in [-0.2, -0.15) is 5.10 Å². The maximum Gasteiger partial charge on any atom is 0.255 e. The van der Waals surface area contributed by atoms with Gasteiger partial charge in [0.2, 0.25) is 15.9 Å². The second-order valence-corrected chi connectivity index (χ2v) is 12.7. The smallest absolute Gasteiger partial charge is 0.255 e. The number of hydrogen-bond donors (Lipinski definition) is 4. The highest BCUT2D eigenvalue weighted by Gasteiger charge is 2.49. The van der Waals surface area contributed by atoms with Gasteiger partial charge in [0, 0.05) is 27.7 Å². The highest BCUT2D eigenvalue weighted by Crippen LogP contribution is 2.47. The average molecular weight is 609 g/mol. The van der Waals surface area contributed by atoms with Crippen molar-refractivity contribution in [2.24, 2.45) is 16.1 Å². The zero-order valence-corrected chi connectivity index (χ0v) is 24.3. The Kier molecular flexibility index (Phi) is 9.13. The van der Waals surface area contributed by atoms with Crippen LogP contribution < -0.4 is 15.9 Å². The van der Waals surface area contributed by atoms with Gasteiger partial charge in [-0.05, 0) is 49.1 Å². The lowest BCUT2D eigenvalue weighted by atomic mass is 9.76. The van der Waals surface area contributed by atoms with Crippen LogP contribution in [0.25, 0.3) is 0 Å². The Morgan fingerprint density at radius 1 is 1.15 bits per heavy atom. The zero-order valence-electron chi connectivity index (χ0n) is 22.0. The van der Waals surface area contributed by atoms with Crippen molar-refractivity contribution in [2.45, 2.75) is 62.7 Å². The van der Waals surface area contributed by atoms with Crippen LogP contribution in [0.2, 0.25) is 10.0 Å². The molecule has 0 aromatic heterocycles. The molecule has 14 heteroatoms. The maximum absolute atomic E-state index is 14.3. The van der Waals surface area contributed by atoms with Crippen LogP contribution in [-0.4, -0.2) is 55.3 Å². The Morgan fingerprint density at radius 2 is 1.85 bits per heavy atom. The van der Waals surface area contributed by atoms with E-state index in [1.165, 1.54) is 0 Å². The Hall–Kier alpha value is -3.06. The van der Waals surface area contributed by atoms with Crippen LogP contribution in [0.15, 0.2) is 52.7 Å². The zero-order chi connectivity index (χ0) is 29.2. The summed E-state index contributed by atoms with van der Waals surface area (Å²) in [7, 11) is -3.59. The molecule has 40 heavy (non-hydrogen) atoms. The molecule has 11 nitrogen and oxygen atoms in total. The summed E-state index contributed by atoms with van der Waals surface area (Å²) in [5, 5.41) is 10.2. The molecular weight excluding hydrogens is 577 g/mol. The summed E-state index contributed by atoms with van der Waals surface area (Å²) in [6.45, 7) is 1.59. The molecule has 0 bridgehead atoms. The standard InChI is InChI=1S/C26H31Cl2N7O4S/c1-14(24(32-29)33-30)31-25(36)22-16-7-3-4-8-17(16)26(37)35(23(22)18-12-11-15(27)13-19(18)28)21-10-6-5-9-20(21)34-40(2,38)39/h3-4,7-8,11-14,20-23,29,34H,5-6,9-10,30H2,1-2H3,(H,31,36)/b32-29?,33-24-/t14?,20-,21?,22+,23-/m0/s1. The number of nitrogens with one attached hydrogen (secondary N) is 3. The van der Waals surface area contributed by atoms with E-state index in [0.717, 1.165) is 19.1 Å². The SMILES string of the molecule is CC(NC(=O)[C@@H]1c2ccccc2C(=O)N(C2CCCC[C@@H]2NS(C)(=O)=O)[C@H]1c1ccc(Cl)cc1Cl)/C(N=N)=N/N. The third-order valence-electron chi connectivity index (χ3n) is 7.38. The van der Waals surface area contributed by atoms with Crippen molar-refractivity contribution in [2.75, 3.05) is 6.26 Å². The molecule has 1 fully saturated rings. The van der Waals surface area contributed by atoms with Gasteiger partial charge in [-0.15, -0.1) is 5.11 Å². The quantitative estimate of drug-likeness (QED) is 0.122. The number of halogens is 2. The van der Waals surface area contributed by atoms with Gasteiger partial charge >= 0.3 is 0 Å². The summed E-state index contributed by atoms with van der Waals surface area (Å²) in [4.78, 5) is 30.0. The van der Waals surface area contributed by atoms with E-state index in [1.807, 2.05) is 0 Å². The van der Waals surface area contributed by atoms with Crippen LogP contribution >= 0.6 is 23.2 Å². The second kappa shape index (κ2) is 12.2. The van der Waals surface area contributed by atoms with E-state index in [2.05, 4.69) is 20.3 Å². The molecule has 2 aromatic rings. The summed E-state index contributed by atoms with van der Waals surface area (Å²) in [5.74, 6) is 3.51. The number of amidine groups is 1. The maximum atomic E-state index is 14.3. The Morgan fingerprint density at radius 3 is 2.50 bits per heavy atom. The minimum absolute atomic E-state index is 0.0869. The predicted molar refractivity (Wildman–Crippen MR) is 153 cm³/mol. The predicted octanol–water partition coefficient (Wildman–Crippen LogP) is 3.94. The van der Waals surface area contributed by atoms with Gasteiger partial charge in [0.1, 0.15) is 0 Å². The van der Waals surface area contributed by atoms with Crippen LogP contribution in [0.5, 0.6) is 0 Å². The lowest BCUT2D eigenvalue weighted by Crippen LogP contribution is -2.59. The van der Waals surface area contributed by atoms with Crippen LogP contribution in [0.1, 0.15) is 66.1 Å². The van der Waals surface area contributed by atoms with Crippen LogP contribution in [0, 0.1) is 5.53 Å². The van der Waals surface area contributed by atoms with Crippen molar-refractivity contribution in [1.29, 1.82) is 5.53 Å². The molecule has 1 saturated carbocycles. The van der Waals surface area contributed by atoms with Gasteiger partial charge < -0.3 is 16.1 Å². The molecule has 1 aliphatic carbocycles. The number of carbonyl (C=O) groups excluding carboxylic acids is 2. The average Bonchev–Trinajstić information content (AvgIpc) is 2.89.